The van der Waals surface area contributed by atoms with Gasteiger partial charge in [0.25, 0.3) is 0 Å². The highest BCUT2D eigenvalue weighted by Crippen LogP contribution is 2.27. The fraction of sp³-hybridized carbons (Fsp3) is 0.235. The van der Waals surface area contributed by atoms with Gasteiger partial charge in [0.2, 0.25) is 15.9 Å². The standard InChI is InChI=1S/C17H17BrF2N2O4S/c1-3-22(10-17(23)21-14-6-4-11(18)8-13(14)20)27(24,25)16-9-12(19)5-7-15(16)26-2/h4-9H,3,10H2,1-2H3,(H,21,23). The number of methoxy groups -OCH3 is 1. The number of halogens is 3. The van der Waals surface area contributed by atoms with Gasteiger partial charge >= 0.3 is 0 Å². The van der Waals surface area contributed by atoms with Crippen LogP contribution in [-0.4, -0.2) is 38.8 Å². The van der Waals surface area contributed by atoms with E-state index in [0.29, 0.717) is 4.47 Å². The molecule has 1 amide bonds. The minimum atomic E-state index is -4.21. The summed E-state index contributed by atoms with van der Waals surface area (Å²) in [7, 11) is -2.96. The molecule has 146 valence electrons. The van der Waals surface area contributed by atoms with Crippen LogP contribution in [0, 0.1) is 11.6 Å². The fourth-order valence-electron chi connectivity index (χ4n) is 2.30. The molecule has 0 atom stereocenters. The van der Waals surface area contributed by atoms with Crippen molar-refractivity contribution in [3.63, 3.8) is 0 Å². The number of amides is 1. The molecule has 0 spiro atoms. The summed E-state index contributed by atoms with van der Waals surface area (Å²) >= 11 is 3.10. The number of benzene rings is 2. The number of ether oxygens (including phenoxy) is 1. The number of nitrogens with zero attached hydrogens (tertiary/aromatic N) is 1. The molecule has 27 heavy (non-hydrogen) atoms. The van der Waals surface area contributed by atoms with E-state index in [1.165, 1.54) is 38.3 Å². The van der Waals surface area contributed by atoms with Crippen LogP contribution in [0.25, 0.3) is 0 Å². The van der Waals surface area contributed by atoms with Crippen LogP contribution in [0.1, 0.15) is 6.92 Å². The summed E-state index contributed by atoms with van der Waals surface area (Å²) in [6, 6.07) is 7.12. The summed E-state index contributed by atoms with van der Waals surface area (Å²) in [5, 5.41) is 2.32. The molecule has 0 fully saturated rings. The van der Waals surface area contributed by atoms with Crippen molar-refractivity contribution in [1.82, 2.24) is 4.31 Å². The molecular formula is C17H17BrF2N2O4S. The van der Waals surface area contributed by atoms with Crippen LogP contribution >= 0.6 is 15.9 Å². The Hall–Kier alpha value is -2.04. The third-order valence-electron chi connectivity index (χ3n) is 3.62. The van der Waals surface area contributed by atoms with Crippen LogP contribution in [0.2, 0.25) is 0 Å². The van der Waals surface area contributed by atoms with Crippen molar-refractivity contribution in [2.24, 2.45) is 0 Å². The Morgan fingerprint density at radius 2 is 1.93 bits per heavy atom. The van der Waals surface area contributed by atoms with Crippen molar-refractivity contribution in [3.05, 3.63) is 52.5 Å². The Morgan fingerprint density at radius 1 is 1.22 bits per heavy atom. The van der Waals surface area contributed by atoms with Gasteiger partial charge in [-0.1, -0.05) is 22.9 Å². The predicted octanol–water partition coefficient (Wildman–Crippen LogP) is 3.39. The topological polar surface area (TPSA) is 75.7 Å². The summed E-state index contributed by atoms with van der Waals surface area (Å²) in [5.74, 6) is -2.21. The molecule has 0 aliphatic carbocycles. The lowest BCUT2D eigenvalue weighted by atomic mass is 10.3. The third-order valence-corrected chi connectivity index (χ3v) is 6.06. The largest absolute Gasteiger partial charge is 0.495 e. The van der Waals surface area contributed by atoms with Crippen molar-refractivity contribution in [2.45, 2.75) is 11.8 Å². The van der Waals surface area contributed by atoms with Gasteiger partial charge in [-0.15, -0.1) is 0 Å². The van der Waals surface area contributed by atoms with Crippen LogP contribution < -0.4 is 10.1 Å². The average Bonchev–Trinajstić information content (AvgIpc) is 2.61. The Balaban J connectivity index is 2.25. The van der Waals surface area contributed by atoms with Crippen molar-refractivity contribution < 1.29 is 26.7 Å². The van der Waals surface area contributed by atoms with E-state index in [1.807, 2.05) is 0 Å². The molecule has 0 saturated carbocycles. The number of hydrogen-bond donors (Lipinski definition) is 1. The Morgan fingerprint density at radius 3 is 2.52 bits per heavy atom. The third kappa shape index (κ3) is 5.02. The quantitative estimate of drug-likeness (QED) is 0.684. The van der Waals surface area contributed by atoms with Gasteiger partial charge in [-0.05, 0) is 36.4 Å². The smallest absolute Gasteiger partial charge is 0.247 e. The molecule has 2 rings (SSSR count). The highest BCUT2D eigenvalue weighted by Gasteiger charge is 2.29. The van der Waals surface area contributed by atoms with Crippen molar-refractivity contribution in [1.29, 1.82) is 0 Å². The Labute approximate surface area is 164 Å². The Kier molecular flexibility index (Phi) is 6.90. The first-order valence-electron chi connectivity index (χ1n) is 7.77. The van der Waals surface area contributed by atoms with Crippen LogP contribution in [0.15, 0.2) is 45.8 Å². The average molecular weight is 463 g/mol. The normalized spacial score (nSPS) is 11.5. The summed E-state index contributed by atoms with van der Waals surface area (Å²) in [6.45, 7) is 0.892. The van der Waals surface area contributed by atoms with E-state index in [0.717, 1.165) is 16.4 Å². The number of anilines is 1. The number of hydrogen-bond acceptors (Lipinski definition) is 4. The summed E-state index contributed by atoms with van der Waals surface area (Å²) < 4.78 is 59.3. The lowest BCUT2D eigenvalue weighted by Crippen LogP contribution is -2.38. The first kappa shape index (κ1) is 21.3. The van der Waals surface area contributed by atoms with Gasteiger partial charge in [0, 0.05) is 11.0 Å². The summed E-state index contributed by atoms with van der Waals surface area (Å²) in [5.41, 5.74) is -0.0833. The molecule has 6 nitrogen and oxygen atoms in total. The number of likely N-dealkylation sites (N-methyl/N-ethyl adjacent to an activating group) is 1. The molecule has 0 saturated heterocycles. The van der Waals surface area contributed by atoms with Crippen LogP contribution in [0.4, 0.5) is 14.5 Å². The van der Waals surface area contributed by atoms with Crippen molar-refractivity contribution in [3.8, 4) is 5.75 Å². The van der Waals surface area contributed by atoms with Crippen molar-refractivity contribution >= 4 is 37.5 Å². The molecule has 0 heterocycles. The van der Waals surface area contributed by atoms with E-state index in [2.05, 4.69) is 21.2 Å². The fourth-order valence-corrected chi connectivity index (χ4v) is 4.20. The minimum Gasteiger partial charge on any atom is -0.495 e. The SMILES string of the molecule is CCN(CC(=O)Nc1ccc(Br)cc1F)S(=O)(=O)c1cc(F)ccc1OC. The second-order valence-corrected chi connectivity index (χ2v) is 8.22. The first-order chi connectivity index (χ1) is 12.7. The second-order valence-electron chi connectivity index (χ2n) is 5.40. The highest BCUT2D eigenvalue weighted by atomic mass is 79.9. The van der Waals surface area contributed by atoms with Gasteiger partial charge < -0.3 is 10.1 Å². The van der Waals surface area contributed by atoms with Crippen LogP contribution in [-0.2, 0) is 14.8 Å². The van der Waals surface area contributed by atoms with E-state index in [9.17, 15) is 22.0 Å². The number of carbonyl (C=O) groups excluding carboxylic acids is 1. The van der Waals surface area contributed by atoms with Crippen LogP contribution in [0.3, 0.4) is 0 Å². The second kappa shape index (κ2) is 8.77. The molecular weight excluding hydrogens is 446 g/mol. The predicted molar refractivity (Wildman–Crippen MR) is 100 cm³/mol. The maximum Gasteiger partial charge on any atom is 0.247 e. The number of nitrogens with one attached hydrogen (secondary N) is 1. The van der Waals surface area contributed by atoms with E-state index in [-0.39, 0.29) is 18.0 Å². The monoisotopic (exact) mass is 462 g/mol. The molecule has 0 bridgehead atoms. The lowest BCUT2D eigenvalue weighted by Gasteiger charge is -2.21. The highest BCUT2D eigenvalue weighted by molar-refractivity contribution is 9.10. The molecule has 2 aromatic carbocycles. The first-order valence-corrected chi connectivity index (χ1v) is 10.0. The number of rotatable bonds is 7. The van der Waals surface area contributed by atoms with Gasteiger partial charge in [0.15, 0.2) is 0 Å². The zero-order valence-electron chi connectivity index (χ0n) is 14.5. The minimum absolute atomic E-state index is 0.0470. The molecule has 0 unspecified atom stereocenters. The van der Waals surface area contributed by atoms with E-state index >= 15 is 0 Å². The maximum atomic E-state index is 13.8. The van der Waals surface area contributed by atoms with Gasteiger partial charge in [-0.2, -0.15) is 4.31 Å². The summed E-state index contributed by atoms with van der Waals surface area (Å²) in [6.07, 6.45) is 0. The van der Waals surface area contributed by atoms with Gasteiger partial charge in [0.05, 0.1) is 19.3 Å². The Bertz CT molecular complexity index is 954. The molecule has 2 aromatic rings. The molecule has 0 aliphatic rings. The van der Waals surface area contributed by atoms with Gasteiger partial charge in [0.1, 0.15) is 22.3 Å². The molecule has 10 heteroatoms. The molecule has 0 aromatic heterocycles. The lowest BCUT2D eigenvalue weighted by molar-refractivity contribution is -0.116. The van der Waals surface area contributed by atoms with Gasteiger partial charge in [-0.3, -0.25) is 4.79 Å². The van der Waals surface area contributed by atoms with Gasteiger partial charge in [-0.25, -0.2) is 17.2 Å². The molecule has 0 aliphatic heterocycles. The van der Waals surface area contributed by atoms with E-state index < -0.39 is 39.0 Å². The van der Waals surface area contributed by atoms with Crippen molar-refractivity contribution in [2.75, 3.05) is 25.5 Å². The zero-order valence-corrected chi connectivity index (χ0v) is 16.9. The maximum absolute atomic E-state index is 13.8. The van der Waals surface area contributed by atoms with Crippen LogP contribution in [0.5, 0.6) is 5.75 Å². The molecule has 0 radical (unpaired) electrons. The van der Waals surface area contributed by atoms with E-state index in [4.69, 9.17) is 4.74 Å². The number of carbonyl (C=O) groups is 1. The molecule has 1 N–H and O–H groups in total. The summed E-state index contributed by atoms with van der Waals surface area (Å²) in [4.78, 5) is 11.8. The van der Waals surface area contributed by atoms with E-state index in [1.54, 1.807) is 0 Å². The zero-order chi connectivity index (χ0) is 20.2. The number of sulfonamides is 1.